The van der Waals surface area contributed by atoms with E-state index in [1.165, 1.54) is 0 Å². The van der Waals surface area contributed by atoms with E-state index in [4.69, 9.17) is 0 Å². The second-order valence-electron chi connectivity index (χ2n) is 5.33. The van der Waals surface area contributed by atoms with Crippen molar-refractivity contribution in [2.45, 2.75) is 12.3 Å². The molecule has 0 spiro atoms. The maximum absolute atomic E-state index is 9.53. The van der Waals surface area contributed by atoms with E-state index in [1.54, 1.807) is 7.05 Å². The summed E-state index contributed by atoms with van der Waals surface area (Å²) in [5, 5.41) is 16.1. The Labute approximate surface area is 151 Å². The largest absolute Gasteiger partial charge is 0.396 e. The van der Waals surface area contributed by atoms with Gasteiger partial charge in [-0.25, -0.2) is 0 Å². The fourth-order valence-corrected chi connectivity index (χ4v) is 2.06. The average molecular weight is 420 g/mol. The van der Waals surface area contributed by atoms with Crippen molar-refractivity contribution in [1.82, 2.24) is 15.5 Å². The first kappa shape index (κ1) is 21.1. The number of benzene rings is 1. The minimum atomic E-state index is 0. The summed E-state index contributed by atoms with van der Waals surface area (Å²) >= 11 is 0. The predicted molar refractivity (Wildman–Crippen MR) is 104 cm³/mol. The van der Waals surface area contributed by atoms with E-state index in [1.807, 2.05) is 30.3 Å². The Kier molecular flexibility index (Phi) is 12.2. The van der Waals surface area contributed by atoms with Crippen LogP contribution in [0.5, 0.6) is 0 Å². The quantitative estimate of drug-likeness (QED) is 0.258. The van der Waals surface area contributed by atoms with Gasteiger partial charge in [-0.2, -0.15) is 0 Å². The van der Waals surface area contributed by atoms with Gasteiger partial charge in [0, 0.05) is 26.1 Å². The van der Waals surface area contributed by atoms with Crippen LogP contribution in [0.15, 0.2) is 35.3 Å². The molecule has 0 aliphatic rings. The van der Waals surface area contributed by atoms with Crippen molar-refractivity contribution in [2.24, 2.45) is 4.99 Å². The fraction of sp³-hybridized carbons (Fsp3) is 0.562. The lowest BCUT2D eigenvalue weighted by molar-refractivity contribution is 0.265. The molecule has 0 saturated heterocycles. The number of guanidine groups is 1. The summed E-state index contributed by atoms with van der Waals surface area (Å²) < 4.78 is 0. The van der Waals surface area contributed by atoms with Gasteiger partial charge in [-0.15, -0.1) is 24.0 Å². The zero-order chi connectivity index (χ0) is 15.5. The monoisotopic (exact) mass is 420 g/mol. The number of nitrogens with one attached hydrogen (secondary N) is 2. The summed E-state index contributed by atoms with van der Waals surface area (Å²) in [7, 11) is 5.90. The summed E-state index contributed by atoms with van der Waals surface area (Å²) in [6, 6.07) is 10.0. The van der Waals surface area contributed by atoms with Crippen LogP contribution >= 0.6 is 24.0 Å². The van der Waals surface area contributed by atoms with Gasteiger partial charge in [0.1, 0.15) is 0 Å². The lowest BCUT2D eigenvalue weighted by Gasteiger charge is -2.18. The molecule has 0 amide bonds. The van der Waals surface area contributed by atoms with Gasteiger partial charge in [-0.3, -0.25) is 4.99 Å². The van der Waals surface area contributed by atoms with Crippen molar-refractivity contribution in [3.05, 3.63) is 35.9 Å². The molecule has 1 unspecified atom stereocenters. The zero-order valence-electron chi connectivity index (χ0n) is 13.7. The van der Waals surface area contributed by atoms with Crippen LogP contribution < -0.4 is 10.6 Å². The fourth-order valence-electron chi connectivity index (χ4n) is 2.06. The van der Waals surface area contributed by atoms with Crippen molar-refractivity contribution >= 4 is 29.9 Å². The van der Waals surface area contributed by atoms with E-state index in [0.29, 0.717) is 6.54 Å². The minimum Gasteiger partial charge on any atom is -0.396 e. The molecular formula is C16H29IN4O. The molecule has 126 valence electrons. The Morgan fingerprint density at radius 3 is 2.45 bits per heavy atom. The number of nitrogens with zero attached hydrogens (tertiary/aromatic N) is 2. The molecule has 3 N–H and O–H groups in total. The molecule has 0 aromatic heterocycles. The van der Waals surface area contributed by atoms with Crippen molar-refractivity contribution < 1.29 is 5.11 Å². The molecule has 1 aromatic carbocycles. The van der Waals surface area contributed by atoms with Crippen molar-refractivity contribution in [3.63, 3.8) is 0 Å². The lowest BCUT2D eigenvalue weighted by Crippen LogP contribution is -2.40. The highest BCUT2D eigenvalue weighted by Crippen LogP contribution is 2.13. The second-order valence-corrected chi connectivity index (χ2v) is 5.33. The van der Waals surface area contributed by atoms with Crippen molar-refractivity contribution in [1.29, 1.82) is 0 Å². The van der Waals surface area contributed by atoms with Gasteiger partial charge in [0.25, 0.3) is 0 Å². The van der Waals surface area contributed by atoms with E-state index >= 15 is 0 Å². The molecule has 1 atom stereocenters. The van der Waals surface area contributed by atoms with Gasteiger partial charge in [-0.1, -0.05) is 30.3 Å². The highest BCUT2D eigenvalue weighted by Gasteiger charge is 2.10. The molecule has 5 nitrogen and oxygen atoms in total. The Morgan fingerprint density at radius 1 is 1.23 bits per heavy atom. The first-order chi connectivity index (χ1) is 10.2. The van der Waals surface area contributed by atoms with E-state index < -0.39 is 0 Å². The third-order valence-electron chi connectivity index (χ3n) is 3.31. The lowest BCUT2D eigenvalue weighted by atomic mass is 10.0. The highest BCUT2D eigenvalue weighted by molar-refractivity contribution is 14.0. The summed E-state index contributed by atoms with van der Waals surface area (Å²) in [5.74, 6) is 0.856. The first-order valence-corrected chi connectivity index (χ1v) is 7.42. The molecule has 0 saturated carbocycles. The maximum Gasteiger partial charge on any atom is 0.191 e. The maximum atomic E-state index is 9.53. The van der Waals surface area contributed by atoms with Crippen LogP contribution in [-0.4, -0.2) is 63.4 Å². The molecule has 0 bridgehead atoms. The Morgan fingerprint density at radius 2 is 1.91 bits per heavy atom. The molecule has 1 rings (SSSR count). The smallest absolute Gasteiger partial charge is 0.191 e. The number of hydrogen-bond acceptors (Lipinski definition) is 3. The molecule has 0 heterocycles. The van der Waals surface area contributed by atoms with Gasteiger partial charge in [0.05, 0.1) is 6.61 Å². The van der Waals surface area contributed by atoms with Gasteiger partial charge >= 0.3 is 0 Å². The van der Waals surface area contributed by atoms with Crippen LogP contribution in [0.4, 0.5) is 0 Å². The highest BCUT2D eigenvalue weighted by atomic mass is 127. The number of hydrogen-bond donors (Lipinski definition) is 3. The normalized spacial score (nSPS) is 12.7. The van der Waals surface area contributed by atoms with E-state index in [-0.39, 0.29) is 36.5 Å². The van der Waals surface area contributed by atoms with E-state index in [9.17, 15) is 5.11 Å². The number of rotatable bonds is 8. The van der Waals surface area contributed by atoms with E-state index in [0.717, 1.165) is 31.0 Å². The average Bonchev–Trinajstić information content (AvgIpc) is 2.50. The number of aliphatic imine (C=N–C) groups is 1. The third-order valence-corrected chi connectivity index (χ3v) is 3.31. The van der Waals surface area contributed by atoms with Crippen LogP contribution in [0.1, 0.15) is 17.9 Å². The van der Waals surface area contributed by atoms with Gasteiger partial charge < -0.3 is 20.6 Å². The van der Waals surface area contributed by atoms with Gasteiger partial charge in [0.2, 0.25) is 0 Å². The SMILES string of the molecule is CN=C(NCCCN(C)C)NCC(CO)c1ccccc1.I. The van der Waals surface area contributed by atoms with Crippen molar-refractivity contribution in [2.75, 3.05) is 47.4 Å². The minimum absolute atomic E-state index is 0. The first-order valence-electron chi connectivity index (χ1n) is 7.42. The summed E-state index contributed by atoms with van der Waals surface area (Å²) in [6.07, 6.45) is 1.07. The third kappa shape index (κ3) is 8.55. The zero-order valence-corrected chi connectivity index (χ0v) is 16.1. The number of halogens is 1. The van der Waals surface area contributed by atoms with Crippen LogP contribution in [-0.2, 0) is 0 Å². The standard InChI is InChI=1S/C16H28N4O.HI/c1-17-16(18-10-7-11-20(2)3)19-12-15(13-21)14-8-5-4-6-9-14;/h4-6,8-9,15,21H,7,10-13H2,1-3H3,(H2,17,18,19);1H. The molecule has 22 heavy (non-hydrogen) atoms. The van der Waals surface area contributed by atoms with Crippen LogP contribution in [0.25, 0.3) is 0 Å². The van der Waals surface area contributed by atoms with Gasteiger partial charge in [-0.05, 0) is 32.6 Å². The molecule has 0 radical (unpaired) electrons. The molecule has 0 fully saturated rings. The summed E-state index contributed by atoms with van der Waals surface area (Å²) in [4.78, 5) is 6.37. The van der Waals surface area contributed by atoms with Crippen LogP contribution in [0.2, 0.25) is 0 Å². The molecule has 0 aliphatic carbocycles. The topological polar surface area (TPSA) is 59.9 Å². The summed E-state index contributed by atoms with van der Waals surface area (Å²) in [5.41, 5.74) is 1.13. The molecule has 0 aliphatic heterocycles. The summed E-state index contributed by atoms with van der Waals surface area (Å²) in [6.45, 7) is 2.71. The Balaban J connectivity index is 0.00000441. The second kappa shape index (κ2) is 12.7. The molecular weight excluding hydrogens is 391 g/mol. The molecule has 6 heteroatoms. The van der Waals surface area contributed by atoms with Crippen LogP contribution in [0.3, 0.4) is 0 Å². The Hall–Kier alpha value is -0.860. The Bertz CT molecular complexity index is 412. The number of aliphatic hydroxyl groups excluding tert-OH is 1. The van der Waals surface area contributed by atoms with Crippen molar-refractivity contribution in [3.8, 4) is 0 Å². The van der Waals surface area contributed by atoms with Gasteiger partial charge in [0.15, 0.2) is 5.96 Å². The van der Waals surface area contributed by atoms with E-state index in [2.05, 4.69) is 34.6 Å². The number of aliphatic hydroxyl groups is 1. The predicted octanol–water partition coefficient (Wildman–Crippen LogP) is 1.50. The molecule has 1 aromatic rings. The van der Waals surface area contributed by atoms with Crippen LogP contribution in [0, 0.1) is 0 Å².